The average Bonchev–Trinajstić information content (AvgIpc) is 2.95. The lowest BCUT2D eigenvalue weighted by Gasteiger charge is -2.17. The molecule has 0 aliphatic heterocycles. The van der Waals surface area contributed by atoms with Crippen molar-refractivity contribution in [3.63, 3.8) is 0 Å². The fraction of sp³-hybridized carbons (Fsp3) is 0.389. The summed E-state index contributed by atoms with van der Waals surface area (Å²) in [4.78, 5) is 4.55. The predicted octanol–water partition coefficient (Wildman–Crippen LogP) is 2.47. The molecule has 2 N–H and O–H groups in total. The molecule has 0 saturated heterocycles. The lowest BCUT2D eigenvalue weighted by atomic mass is 10.3. The van der Waals surface area contributed by atoms with E-state index in [-0.39, 0.29) is 6.10 Å². The van der Waals surface area contributed by atoms with Crippen molar-refractivity contribution < 1.29 is 4.74 Å². The van der Waals surface area contributed by atoms with Gasteiger partial charge in [-0.25, -0.2) is 4.99 Å². The standard InChI is InChI=1S/C18H25ClN6O/c1-5-10-20-18(22-12-17-24-23-14(3)25(17)4)21-11-13(2)26-16-8-6-15(19)7-9-16/h5-9,13H,1,10-12H2,2-4H3,(H2,20,21,22). The SMILES string of the molecule is C=CCNC(=NCc1nnc(C)n1C)NCC(C)Oc1ccc(Cl)cc1. The zero-order valence-corrected chi connectivity index (χ0v) is 16.1. The van der Waals surface area contributed by atoms with Gasteiger partial charge >= 0.3 is 0 Å². The largest absolute Gasteiger partial charge is 0.489 e. The molecule has 0 radical (unpaired) electrons. The van der Waals surface area contributed by atoms with Gasteiger partial charge in [0.15, 0.2) is 11.8 Å². The van der Waals surface area contributed by atoms with Gasteiger partial charge in [0, 0.05) is 18.6 Å². The van der Waals surface area contributed by atoms with E-state index in [0.717, 1.165) is 17.4 Å². The Hall–Kier alpha value is -2.54. The summed E-state index contributed by atoms with van der Waals surface area (Å²) in [7, 11) is 1.92. The van der Waals surface area contributed by atoms with Crippen molar-refractivity contribution in [1.29, 1.82) is 0 Å². The second-order valence-corrected chi connectivity index (χ2v) is 6.26. The van der Waals surface area contributed by atoms with E-state index in [4.69, 9.17) is 16.3 Å². The molecule has 0 bridgehead atoms. The molecule has 1 aromatic carbocycles. The van der Waals surface area contributed by atoms with Crippen molar-refractivity contribution in [1.82, 2.24) is 25.4 Å². The molecular formula is C18H25ClN6O. The summed E-state index contributed by atoms with van der Waals surface area (Å²) in [5.41, 5.74) is 0. The fourth-order valence-corrected chi connectivity index (χ4v) is 2.24. The number of aliphatic imine (C=N–C) groups is 1. The normalized spacial score (nSPS) is 12.5. The minimum absolute atomic E-state index is 0.0519. The number of ether oxygens (including phenoxy) is 1. The van der Waals surface area contributed by atoms with E-state index in [0.29, 0.717) is 30.6 Å². The topological polar surface area (TPSA) is 76.4 Å². The molecule has 140 valence electrons. The number of benzene rings is 1. The molecule has 0 amide bonds. The van der Waals surface area contributed by atoms with E-state index >= 15 is 0 Å². The first-order chi connectivity index (χ1) is 12.5. The molecule has 1 heterocycles. The van der Waals surface area contributed by atoms with Crippen LogP contribution in [-0.2, 0) is 13.6 Å². The molecule has 0 saturated carbocycles. The fourth-order valence-electron chi connectivity index (χ4n) is 2.11. The minimum Gasteiger partial charge on any atom is -0.489 e. The first-order valence-corrected chi connectivity index (χ1v) is 8.77. The molecule has 2 aromatic rings. The van der Waals surface area contributed by atoms with Gasteiger partial charge in [-0.3, -0.25) is 0 Å². The van der Waals surface area contributed by atoms with Crippen LogP contribution in [0.4, 0.5) is 0 Å². The van der Waals surface area contributed by atoms with Gasteiger partial charge in [0.2, 0.25) is 0 Å². The van der Waals surface area contributed by atoms with Crippen LogP contribution >= 0.6 is 11.6 Å². The van der Waals surface area contributed by atoms with Gasteiger partial charge in [0.1, 0.15) is 24.2 Å². The van der Waals surface area contributed by atoms with Crippen LogP contribution in [-0.4, -0.2) is 39.9 Å². The maximum Gasteiger partial charge on any atom is 0.192 e. The van der Waals surface area contributed by atoms with E-state index in [2.05, 4.69) is 32.4 Å². The van der Waals surface area contributed by atoms with Crippen LogP contribution in [0.3, 0.4) is 0 Å². The molecule has 1 atom stereocenters. The maximum absolute atomic E-state index is 5.89. The molecule has 2 rings (SSSR count). The third-order valence-electron chi connectivity index (χ3n) is 3.68. The molecule has 0 spiro atoms. The highest BCUT2D eigenvalue weighted by Gasteiger charge is 2.08. The Labute approximate surface area is 159 Å². The van der Waals surface area contributed by atoms with Gasteiger partial charge in [-0.1, -0.05) is 17.7 Å². The molecule has 7 nitrogen and oxygen atoms in total. The minimum atomic E-state index is -0.0519. The summed E-state index contributed by atoms with van der Waals surface area (Å²) < 4.78 is 7.78. The summed E-state index contributed by atoms with van der Waals surface area (Å²) in [5.74, 6) is 3.09. The molecule has 26 heavy (non-hydrogen) atoms. The Kier molecular flexibility index (Phi) is 7.47. The first kappa shape index (κ1) is 19.8. The van der Waals surface area contributed by atoms with Crippen LogP contribution in [0.25, 0.3) is 0 Å². The van der Waals surface area contributed by atoms with Crippen molar-refractivity contribution in [2.45, 2.75) is 26.5 Å². The van der Waals surface area contributed by atoms with E-state index in [1.165, 1.54) is 0 Å². The van der Waals surface area contributed by atoms with Gasteiger partial charge in [-0.05, 0) is 38.1 Å². The van der Waals surface area contributed by atoms with Crippen molar-refractivity contribution in [3.8, 4) is 5.75 Å². The molecule has 8 heteroatoms. The Morgan fingerprint density at radius 2 is 2.08 bits per heavy atom. The van der Waals surface area contributed by atoms with E-state index in [1.54, 1.807) is 18.2 Å². The van der Waals surface area contributed by atoms with Crippen molar-refractivity contribution in [2.24, 2.45) is 12.0 Å². The second-order valence-electron chi connectivity index (χ2n) is 5.82. The Morgan fingerprint density at radius 3 is 2.69 bits per heavy atom. The van der Waals surface area contributed by atoms with Crippen molar-refractivity contribution in [2.75, 3.05) is 13.1 Å². The second kappa shape index (κ2) is 9.82. The summed E-state index contributed by atoms with van der Waals surface area (Å²) in [5, 5.41) is 15.3. The number of nitrogens with zero attached hydrogens (tertiary/aromatic N) is 4. The molecular weight excluding hydrogens is 352 g/mol. The molecule has 1 aromatic heterocycles. The lowest BCUT2D eigenvalue weighted by Crippen LogP contribution is -2.42. The molecule has 0 aliphatic rings. The van der Waals surface area contributed by atoms with Crippen LogP contribution in [0.5, 0.6) is 5.75 Å². The maximum atomic E-state index is 5.89. The van der Waals surface area contributed by atoms with Gasteiger partial charge in [0.05, 0.1) is 6.54 Å². The van der Waals surface area contributed by atoms with E-state index in [1.807, 2.05) is 37.6 Å². The van der Waals surface area contributed by atoms with Crippen LogP contribution in [0.2, 0.25) is 5.02 Å². The van der Waals surface area contributed by atoms with Crippen LogP contribution in [0.1, 0.15) is 18.6 Å². The predicted molar refractivity (Wildman–Crippen MR) is 105 cm³/mol. The Balaban J connectivity index is 1.91. The van der Waals surface area contributed by atoms with Crippen molar-refractivity contribution >= 4 is 17.6 Å². The molecule has 0 fully saturated rings. The number of aryl methyl sites for hydroxylation is 1. The quantitative estimate of drug-likeness (QED) is 0.420. The highest BCUT2D eigenvalue weighted by atomic mass is 35.5. The van der Waals surface area contributed by atoms with Crippen LogP contribution in [0.15, 0.2) is 41.9 Å². The zero-order chi connectivity index (χ0) is 18.9. The summed E-state index contributed by atoms with van der Waals surface area (Å²) in [6.07, 6.45) is 1.72. The van der Waals surface area contributed by atoms with E-state index in [9.17, 15) is 0 Å². The number of aromatic nitrogens is 3. The monoisotopic (exact) mass is 376 g/mol. The Morgan fingerprint density at radius 1 is 1.35 bits per heavy atom. The number of rotatable bonds is 8. The summed E-state index contributed by atoms with van der Waals surface area (Å²) in [6, 6.07) is 7.30. The first-order valence-electron chi connectivity index (χ1n) is 8.39. The highest BCUT2D eigenvalue weighted by molar-refractivity contribution is 6.30. The van der Waals surface area contributed by atoms with Gasteiger partial charge in [0.25, 0.3) is 0 Å². The summed E-state index contributed by atoms with van der Waals surface area (Å²) in [6.45, 7) is 9.23. The highest BCUT2D eigenvalue weighted by Crippen LogP contribution is 2.16. The van der Waals surface area contributed by atoms with Gasteiger partial charge < -0.3 is 19.9 Å². The number of halogens is 1. The van der Waals surface area contributed by atoms with Gasteiger partial charge in [-0.15, -0.1) is 16.8 Å². The number of hydrogen-bond acceptors (Lipinski definition) is 4. The smallest absolute Gasteiger partial charge is 0.192 e. The summed E-state index contributed by atoms with van der Waals surface area (Å²) >= 11 is 5.89. The zero-order valence-electron chi connectivity index (χ0n) is 15.4. The van der Waals surface area contributed by atoms with Gasteiger partial charge in [-0.2, -0.15) is 0 Å². The van der Waals surface area contributed by atoms with E-state index < -0.39 is 0 Å². The molecule has 1 unspecified atom stereocenters. The lowest BCUT2D eigenvalue weighted by molar-refractivity contribution is 0.224. The van der Waals surface area contributed by atoms with Crippen molar-refractivity contribution in [3.05, 3.63) is 53.6 Å². The number of hydrogen-bond donors (Lipinski definition) is 2. The third kappa shape index (κ3) is 6.07. The number of nitrogens with one attached hydrogen (secondary N) is 2. The van der Waals surface area contributed by atoms with Crippen LogP contribution < -0.4 is 15.4 Å². The average molecular weight is 377 g/mol. The van der Waals surface area contributed by atoms with Crippen LogP contribution in [0, 0.1) is 6.92 Å². The molecule has 0 aliphatic carbocycles. The number of guanidine groups is 1. The Bertz CT molecular complexity index is 741. The third-order valence-corrected chi connectivity index (χ3v) is 3.94.